The van der Waals surface area contributed by atoms with Gasteiger partial charge >= 0.3 is 0 Å². The molecular formula is C23H24N4O2. The first-order valence-electron chi connectivity index (χ1n) is 10.1. The van der Waals surface area contributed by atoms with Gasteiger partial charge in [-0.3, -0.25) is 14.5 Å². The Kier molecular flexibility index (Phi) is 5.59. The fraction of sp³-hybridized carbons (Fsp3) is 0.348. The first-order valence-corrected chi connectivity index (χ1v) is 10.1. The van der Waals surface area contributed by atoms with Crippen LogP contribution in [0.2, 0.25) is 0 Å². The van der Waals surface area contributed by atoms with Gasteiger partial charge in [0.2, 0.25) is 0 Å². The van der Waals surface area contributed by atoms with Crippen LogP contribution in [0.5, 0.6) is 0 Å². The van der Waals surface area contributed by atoms with Crippen molar-refractivity contribution in [3.8, 4) is 6.07 Å². The lowest BCUT2D eigenvalue weighted by Crippen LogP contribution is -2.35. The second-order valence-corrected chi connectivity index (χ2v) is 7.60. The van der Waals surface area contributed by atoms with Crippen molar-refractivity contribution < 1.29 is 0 Å². The van der Waals surface area contributed by atoms with Crippen molar-refractivity contribution in [3.63, 3.8) is 0 Å². The summed E-state index contributed by atoms with van der Waals surface area (Å²) in [5.41, 5.74) is 0.955. The van der Waals surface area contributed by atoms with E-state index in [4.69, 9.17) is 5.26 Å². The summed E-state index contributed by atoms with van der Waals surface area (Å²) >= 11 is 0. The van der Waals surface area contributed by atoms with Crippen molar-refractivity contribution in [3.05, 3.63) is 80.5 Å². The van der Waals surface area contributed by atoms with Crippen LogP contribution in [0.15, 0.2) is 58.3 Å². The van der Waals surface area contributed by atoms with Crippen molar-refractivity contribution in [2.24, 2.45) is 0 Å². The van der Waals surface area contributed by atoms with E-state index < -0.39 is 5.56 Å². The number of H-pyrrole nitrogens is 1. The van der Waals surface area contributed by atoms with E-state index in [2.05, 4.69) is 22.0 Å². The van der Waals surface area contributed by atoms with Gasteiger partial charge in [0, 0.05) is 12.7 Å². The number of rotatable bonds is 4. The van der Waals surface area contributed by atoms with Crippen LogP contribution < -0.4 is 11.1 Å². The number of hydrogen-bond acceptors (Lipinski definition) is 4. The fourth-order valence-electron chi connectivity index (χ4n) is 4.17. The summed E-state index contributed by atoms with van der Waals surface area (Å²) in [5.74, 6) is 0. The van der Waals surface area contributed by atoms with E-state index >= 15 is 0 Å². The van der Waals surface area contributed by atoms with E-state index in [9.17, 15) is 9.59 Å². The predicted octanol–water partition coefficient (Wildman–Crippen LogP) is 3.18. The highest BCUT2D eigenvalue weighted by Crippen LogP contribution is 2.25. The van der Waals surface area contributed by atoms with E-state index in [1.54, 1.807) is 16.8 Å². The number of pyridine rings is 2. The predicted molar refractivity (Wildman–Crippen MR) is 113 cm³/mol. The molecule has 148 valence electrons. The first-order chi connectivity index (χ1) is 14.2. The summed E-state index contributed by atoms with van der Waals surface area (Å²) in [5, 5.41) is 9.51. The Morgan fingerprint density at radius 2 is 1.76 bits per heavy atom. The topological polar surface area (TPSA) is 81.9 Å². The van der Waals surface area contributed by atoms with Gasteiger partial charge < -0.3 is 9.55 Å². The zero-order valence-electron chi connectivity index (χ0n) is 16.3. The molecule has 1 aromatic carbocycles. The second-order valence-electron chi connectivity index (χ2n) is 7.60. The normalized spacial score (nSPS) is 16.2. The molecule has 2 aromatic heterocycles. The van der Waals surface area contributed by atoms with Gasteiger partial charge in [0.15, 0.2) is 0 Å². The van der Waals surface area contributed by atoms with Crippen molar-refractivity contribution in [1.29, 1.82) is 5.26 Å². The molecule has 1 aliphatic heterocycles. The number of nitrogens with zero attached hydrogens (tertiary/aromatic N) is 3. The van der Waals surface area contributed by atoms with Crippen LogP contribution in [0, 0.1) is 11.3 Å². The third kappa shape index (κ3) is 4.01. The highest BCUT2D eigenvalue weighted by molar-refractivity contribution is 5.78. The van der Waals surface area contributed by atoms with Gasteiger partial charge in [0.1, 0.15) is 11.6 Å². The number of aromatic amines is 1. The minimum Gasteiger partial charge on any atom is -0.321 e. The zero-order chi connectivity index (χ0) is 20.2. The summed E-state index contributed by atoms with van der Waals surface area (Å²) in [6.45, 7) is 2.57. The molecule has 3 heterocycles. The molecule has 0 aliphatic carbocycles. The van der Waals surface area contributed by atoms with Gasteiger partial charge in [-0.2, -0.15) is 5.26 Å². The zero-order valence-corrected chi connectivity index (χ0v) is 16.3. The molecule has 6 nitrogen and oxygen atoms in total. The van der Waals surface area contributed by atoms with Crippen LogP contribution in [0.1, 0.15) is 42.9 Å². The van der Waals surface area contributed by atoms with Crippen LogP contribution in [0.3, 0.4) is 0 Å². The van der Waals surface area contributed by atoms with Crippen LogP contribution in [0.25, 0.3) is 10.9 Å². The average Bonchev–Trinajstić information content (AvgIpc) is 3.03. The molecule has 1 saturated heterocycles. The average molecular weight is 388 g/mol. The van der Waals surface area contributed by atoms with Gasteiger partial charge in [-0.15, -0.1) is 0 Å². The molecule has 1 atom stereocenters. The van der Waals surface area contributed by atoms with Gasteiger partial charge in [-0.25, -0.2) is 0 Å². The number of aromatic nitrogens is 2. The monoisotopic (exact) mass is 388 g/mol. The van der Waals surface area contributed by atoms with E-state index in [1.165, 1.54) is 37.3 Å². The van der Waals surface area contributed by atoms with Crippen LogP contribution in [-0.4, -0.2) is 27.5 Å². The second kappa shape index (κ2) is 8.46. The Hall–Kier alpha value is -3.17. The van der Waals surface area contributed by atoms with Crippen molar-refractivity contribution in [1.82, 2.24) is 14.5 Å². The van der Waals surface area contributed by atoms with E-state index in [1.807, 2.05) is 24.3 Å². The number of nitriles is 1. The van der Waals surface area contributed by atoms with Gasteiger partial charge in [0.05, 0.1) is 16.9 Å². The minimum absolute atomic E-state index is 0.0422. The molecule has 3 aromatic rings. The third-order valence-electron chi connectivity index (χ3n) is 5.74. The molecule has 4 rings (SSSR count). The van der Waals surface area contributed by atoms with Crippen molar-refractivity contribution >= 4 is 10.9 Å². The molecule has 0 radical (unpaired) electrons. The number of nitrogens with one attached hydrogen (secondary N) is 1. The molecule has 6 heteroatoms. The smallest absolute Gasteiger partial charge is 0.266 e. The lowest BCUT2D eigenvalue weighted by atomic mass is 10.0. The van der Waals surface area contributed by atoms with Crippen LogP contribution >= 0.6 is 0 Å². The molecule has 0 spiro atoms. The Labute approximate surface area is 169 Å². The molecule has 1 aliphatic rings. The number of benzene rings is 1. The van der Waals surface area contributed by atoms with Crippen molar-refractivity contribution in [2.75, 3.05) is 13.1 Å². The molecule has 1 fully saturated rings. The summed E-state index contributed by atoms with van der Waals surface area (Å²) in [4.78, 5) is 30.1. The molecular weight excluding hydrogens is 364 g/mol. The Morgan fingerprint density at radius 1 is 1.03 bits per heavy atom. The largest absolute Gasteiger partial charge is 0.321 e. The van der Waals surface area contributed by atoms with E-state index in [0.717, 1.165) is 13.1 Å². The third-order valence-corrected chi connectivity index (χ3v) is 5.74. The molecule has 0 bridgehead atoms. The molecule has 0 unspecified atom stereocenters. The highest BCUT2D eigenvalue weighted by atomic mass is 16.1. The van der Waals surface area contributed by atoms with Crippen LogP contribution in [-0.2, 0) is 6.54 Å². The van der Waals surface area contributed by atoms with Gasteiger partial charge in [-0.05, 0) is 43.6 Å². The summed E-state index contributed by atoms with van der Waals surface area (Å²) in [6, 6.07) is 15.4. The molecule has 1 N–H and O–H groups in total. The van der Waals surface area contributed by atoms with Gasteiger partial charge in [0.25, 0.3) is 11.1 Å². The lowest BCUT2D eigenvalue weighted by Gasteiger charge is -2.31. The maximum absolute atomic E-state index is 13.1. The first kappa shape index (κ1) is 19.2. The maximum atomic E-state index is 13.1. The highest BCUT2D eigenvalue weighted by Gasteiger charge is 2.22. The lowest BCUT2D eigenvalue weighted by molar-refractivity contribution is 0.184. The Bertz CT molecular complexity index is 1150. The number of likely N-dealkylation sites (tertiary alicyclic amines) is 1. The Morgan fingerprint density at radius 3 is 2.45 bits per heavy atom. The molecule has 29 heavy (non-hydrogen) atoms. The molecule has 0 saturated carbocycles. The SMILES string of the molecule is N#Cc1cc2c(=O)n(C[C@@H](c3ccccc3)N3CCCCCC3)ccc2[nH]c1=O. The number of fused-ring (bicyclic) bond motifs is 1. The minimum atomic E-state index is -0.469. The van der Waals surface area contributed by atoms with Crippen LogP contribution in [0.4, 0.5) is 0 Å². The number of hydrogen-bond donors (Lipinski definition) is 1. The Balaban J connectivity index is 1.75. The van der Waals surface area contributed by atoms with Gasteiger partial charge in [-0.1, -0.05) is 43.2 Å². The molecule has 0 amide bonds. The standard InChI is InChI=1S/C23H24N4O2/c24-15-18-14-19-20(25-22(18)28)10-13-27(23(19)29)16-21(17-8-4-3-5-9-17)26-11-6-1-2-7-12-26/h3-5,8-10,13-14,21H,1-2,6-7,11-12,16H2,(H,25,28)/t21-/m0/s1. The van der Waals surface area contributed by atoms with E-state index in [-0.39, 0.29) is 17.2 Å². The quantitative estimate of drug-likeness (QED) is 0.744. The van der Waals surface area contributed by atoms with E-state index in [0.29, 0.717) is 17.4 Å². The maximum Gasteiger partial charge on any atom is 0.266 e. The van der Waals surface area contributed by atoms with Crippen molar-refractivity contribution in [2.45, 2.75) is 38.3 Å². The fourth-order valence-corrected chi connectivity index (χ4v) is 4.17. The summed E-state index contributed by atoms with van der Waals surface area (Å²) in [7, 11) is 0. The summed E-state index contributed by atoms with van der Waals surface area (Å²) < 4.78 is 1.70. The summed E-state index contributed by atoms with van der Waals surface area (Å²) in [6.07, 6.45) is 6.57.